The molecule has 0 radical (unpaired) electrons. The smallest absolute Gasteiger partial charge is 0.312 e. The van der Waals surface area contributed by atoms with E-state index in [1.165, 1.54) is 0 Å². The third-order valence-electron chi connectivity index (χ3n) is 2.06. The van der Waals surface area contributed by atoms with Crippen LogP contribution in [0.3, 0.4) is 0 Å². The molecule has 4 nitrogen and oxygen atoms in total. The Morgan fingerprint density at radius 1 is 1.06 bits per heavy atom. The highest BCUT2D eigenvalue weighted by Gasteiger charge is 2.10. The zero-order valence-corrected chi connectivity index (χ0v) is 11.3. The number of ether oxygens (including phenoxy) is 3. The Balaban J connectivity index is 3.57. The molecule has 0 aromatic carbocycles. The van der Waals surface area contributed by atoms with Gasteiger partial charge in [-0.25, -0.2) is 0 Å². The monoisotopic (exact) mass is 244 g/mol. The van der Waals surface area contributed by atoms with Crippen LogP contribution < -0.4 is 0 Å². The average molecular weight is 244 g/mol. The van der Waals surface area contributed by atoms with Gasteiger partial charge in [0.2, 0.25) is 0 Å². The van der Waals surface area contributed by atoms with Crippen molar-refractivity contribution in [3.8, 4) is 0 Å². The molecule has 0 bridgehead atoms. The number of hydrogen-bond donors (Lipinski definition) is 0. The second kappa shape index (κ2) is 10.3. The maximum Gasteiger partial charge on any atom is 0.312 e. The molecule has 0 saturated heterocycles. The van der Waals surface area contributed by atoms with Crippen molar-refractivity contribution in [2.24, 2.45) is 11.8 Å². The number of carbonyl (C=O) groups excluding carboxylic acids is 1. The minimum atomic E-state index is -0.211. The van der Waals surface area contributed by atoms with Crippen molar-refractivity contribution in [3.63, 3.8) is 0 Å². The molecule has 0 fully saturated rings. The van der Waals surface area contributed by atoms with Gasteiger partial charge in [0, 0.05) is 7.11 Å². The van der Waals surface area contributed by atoms with E-state index in [1.807, 2.05) is 19.1 Å². The van der Waals surface area contributed by atoms with Gasteiger partial charge in [0.1, 0.15) is 6.61 Å². The van der Waals surface area contributed by atoms with Crippen molar-refractivity contribution < 1.29 is 19.0 Å². The molecule has 1 unspecified atom stereocenters. The summed E-state index contributed by atoms with van der Waals surface area (Å²) in [7, 11) is 1.62. The van der Waals surface area contributed by atoms with E-state index in [-0.39, 0.29) is 11.9 Å². The van der Waals surface area contributed by atoms with E-state index in [9.17, 15) is 4.79 Å². The summed E-state index contributed by atoms with van der Waals surface area (Å²) in [6.07, 6.45) is 3.87. The Kier molecular flexibility index (Phi) is 9.77. The first-order valence-electron chi connectivity index (χ1n) is 5.99. The first-order valence-corrected chi connectivity index (χ1v) is 5.99. The highest BCUT2D eigenvalue weighted by Crippen LogP contribution is 2.04. The highest BCUT2D eigenvalue weighted by atomic mass is 16.6. The van der Waals surface area contributed by atoms with E-state index in [1.54, 1.807) is 7.11 Å². The highest BCUT2D eigenvalue weighted by molar-refractivity contribution is 5.73. The van der Waals surface area contributed by atoms with Gasteiger partial charge in [0.25, 0.3) is 0 Å². The molecule has 1 atom stereocenters. The lowest BCUT2D eigenvalue weighted by Gasteiger charge is -2.08. The molecular weight excluding hydrogens is 220 g/mol. The van der Waals surface area contributed by atoms with Crippen LogP contribution in [0.15, 0.2) is 12.2 Å². The molecule has 0 rings (SSSR count). The maximum absolute atomic E-state index is 11.5. The molecule has 17 heavy (non-hydrogen) atoms. The van der Waals surface area contributed by atoms with Crippen molar-refractivity contribution in [2.45, 2.75) is 20.8 Å². The summed E-state index contributed by atoms with van der Waals surface area (Å²) in [5.41, 5.74) is 0. The fraction of sp³-hybridized carbons (Fsp3) is 0.769. The molecule has 0 amide bonds. The summed E-state index contributed by atoms with van der Waals surface area (Å²) >= 11 is 0. The van der Waals surface area contributed by atoms with Crippen molar-refractivity contribution >= 4 is 5.97 Å². The Morgan fingerprint density at radius 2 is 1.71 bits per heavy atom. The molecule has 0 heterocycles. The third-order valence-corrected chi connectivity index (χ3v) is 2.06. The molecule has 100 valence electrons. The summed E-state index contributed by atoms with van der Waals surface area (Å²) in [6.45, 7) is 7.75. The van der Waals surface area contributed by atoms with Gasteiger partial charge in [-0.2, -0.15) is 0 Å². The van der Waals surface area contributed by atoms with Gasteiger partial charge in [-0.15, -0.1) is 0 Å². The first-order chi connectivity index (χ1) is 8.07. The Labute approximate surface area is 104 Å². The van der Waals surface area contributed by atoms with E-state index in [2.05, 4.69) is 13.8 Å². The zero-order chi connectivity index (χ0) is 13.1. The molecule has 0 saturated carbocycles. The van der Waals surface area contributed by atoms with Crippen LogP contribution in [0.2, 0.25) is 0 Å². The van der Waals surface area contributed by atoms with Gasteiger partial charge in [0.05, 0.1) is 25.7 Å². The normalized spacial score (nSPS) is 13.2. The van der Waals surface area contributed by atoms with Crippen molar-refractivity contribution in [1.29, 1.82) is 0 Å². The molecule has 0 aliphatic heterocycles. The van der Waals surface area contributed by atoms with Crippen LogP contribution in [0.5, 0.6) is 0 Å². The van der Waals surface area contributed by atoms with Crippen LogP contribution in [0, 0.1) is 11.8 Å². The molecule has 0 spiro atoms. The lowest BCUT2D eigenvalue weighted by Crippen LogP contribution is -2.17. The summed E-state index contributed by atoms with van der Waals surface area (Å²) < 4.78 is 15.1. The minimum Gasteiger partial charge on any atom is -0.463 e. The standard InChI is InChI=1S/C13H24O4/c1-11(2)5-6-12(3)13(14)17-10-9-16-8-7-15-4/h5-6,11-12H,7-10H2,1-4H3/b6-5-. The molecule has 0 aromatic rings. The third kappa shape index (κ3) is 10.0. The van der Waals surface area contributed by atoms with Gasteiger partial charge in [-0.1, -0.05) is 26.0 Å². The Bertz CT molecular complexity index is 223. The van der Waals surface area contributed by atoms with Crippen LogP contribution in [0.25, 0.3) is 0 Å². The SMILES string of the molecule is COCCOCCOC(=O)C(C)/C=C\C(C)C. The van der Waals surface area contributed by atoms with Crippen LogP contribution in [0.1, 0.15) is 20.8 Å². The van der Waals surface area contributed by atoms with Crippen molar-refractivity contribution in [2.75, 3.05) is 33.5 Å². The zero-order valence-electron chi connectivity index (χ0n) is 11.3. The number of carbonyl (C=O) groups is 1. The fourth-order valence-electron chi connectivity index (χ4n) is 1.04. The molecule has 0 aliphatic rings. The Hall–Kier alpha value is -0.870. The topological polar surface area (TPSA) is 44.8 Å². The van der Waals surface area contributed by atoms with Gasteiger partial charge in [-0.3, -0.25) is 4.79 Å². The minimum absolute atomic E-state index is 0.198. The molecule has 4 heteroatoms. The van der Waals surface area contributed by atoms with Crippen LogP contribution >= 0.6 is 0 Å². The van der Waals surface area contributed by atoms with Gasteiger partial charge < -0.3 is 14.2 Å². The van der Waals surface area contributed by atoms with Crippen LogP contribution in [0.4, 0.5) is 0 Å². The summed E-state index contributed by atoms with van der Waals surface area (Å²) in [4.78, 5) is 11.5. The second-order valence-corrected chi connectivity index (χ2v) is 4.19. The van der Waals surface area contributed by atoms with Gasteiger partial charge in [-0.05, 0) is 12.8 Å². The summed E-state index contributed by atoms with van der Waals surface area (Å²) in [6, 6.07) is 0. The number of hydrogen-bond acceptors (Lipinski definition) is 4. The van der Waals surface area contributed by atoms with E-state index < -0.39 is 0 Å². The largest absolute Gasteiger partial charge is 0.463 e. The number of allylic oxidation sites excluding steroid dienone is 1. The molecule has 0 aliphatic carbocycles. The predicted molar refractivity (Wildman–Crippen MR) is 66.8 cm³/mol. The van der Waals surface area contributed by atoms with E-state index in [4.69, 9.17) is 14.2 Å². The quantitative estimate of drug-likeness (QED) is 0.354. The first kappa shape index (κ1) is 16.1. The summed E-state index contributed by atoms with van der Waals surface area (Å²) in [5.74, 6) is 0.0382. The van der Waals surface area contributed by atoms with Crippen molar-refractivity contribution in [1.82, 2.24) is 0 Å². The van der Waals surface area contributed by atoms with Gasteiger partial charge >= 0.3 is 5.97 Å². The van der Waals surface area contributed by atoms with Gasteiger partial charge in [0.15, 0.2) is 0 Å². The van der Waals surface area contributed by atoms with Crippen molar-refractivity contribution in [3.05, 3.63) is 12.2 Å². The second-order valence-electron chi connectivity index (χ2n) is 4.19. The van der Waals surface area contributed by atoms with E-state index in [0.717, 1.165) is 0 Å². The van der Waals surface area contributed by atoms with Crippen LogP contribution in [-0.2, 0) is 19.0 Å². The predicted octanol–water partition coefficient (Wildman–Crippen LogP) is 2.04. The molecule has 0 N–H and O–H groups in total. The lowest BCUT2D eigenvalue weighted by atomic mass is 10.1. The lowest BCUT2D eigenvalue weighted by molar-refractivity contribution is -0.147. The number of esters is 1. The average Bonchev–Trinajstić information content (AvgIpc) is 2.30. The fourth-order valence-corrected chi connectivity index (χ4v) is 1.04. The molecule has 0 aromatic heterocycles. The van der Waals surface area contributed by atoms with E-state index >= 15 is 0 Å². The summed E-state index contributed by atoms with van der Waals surface area (Å²) in [5, 5.41) is 0. The van der Waals surface area contributed by atoms with Crippen LogP contribution in [-0.4, -0.2) is 39.5 Å². The number of rotatable bonds is 9. The van der Waals surface area contributed by atoms with E-state index in [0.29, 0.717) is 32.3 Å². The maximum atomic E-state index is 11.5. The number of methoxy groups -OCH3 is 1. The Morgan fingerprint density at radius 3 is 2.29 bits per heavy atom. The molecular formula is C13H24O4.